The summed E-state index contributed by atoms with van der Waals surface area (Å²) < 4.78 is 35.4. The van der Waals surface area contributed by atoms with Crippen LogP contribution in [0.15, 0.2) is 23.1 Å². The number of sulfone groups is 1. The zero-order valence-electron chi connectivity index (χ0n) is 8.04. The van der Waals surface area contributed by atoms with Gasteiger partial charge in [0.25, 0.3) is 0 Å². The van der Waals surface area contributed by atoms with Crippen molar-refractivity contribution in [3.8, 4) is 0 Å². The van der Waals surface area contributed by atoms with Gasteiger partial charge in [0.05, 0.1) is 4.90 Å². The molecule has 14 heavy (non-hydrogen) atoms. The monoisotopic (exact) mass is 217 g/mol. The average molecular weight is 217 g/mol. The van der Waals surface area contributed by atoms with Crippen molar-refractivity contribution in [3.05, 3.63) is 29.6 Å². The summed E-state index contributed by atoms with van der Waals surface area (Å²) in [4.78, 5) is 0.0480. The van der Waals surface area contributed by atoms with Gasteiger partial charge in [0, 0.05) is 12.8 Å². The van der Waals surface area contributed by atoms with E-state index in [2.05, 4.69) is 5.32 Å². The third-order valence-electron chi connectivity index (χ3n) is 1.80. The first kappa shape index (κ1) is 11.1. The second kappa shape index (κ2) is 4.06. The van der Waals surface area contributed by atoms with Gasteiger partial charge >= 0.3 is 0 Å². The summed E-state index contributed by atoms with van der Waals surface area (Å²) in [6.45, 7) is 0.405. The molecule has 0 atom stereocenters. The Morgan fingerprint density at radius 1 is 1.43 bits per heavy atom. The number of benzene rings is 1. The molecule has 0 fully saturated rings. The van der Waals surface area contributed by atoms with Gasteiger partial charge in [-0.1, -0.05) is 6.07 Å². The lowest BCUT2D eigenvalue weighted by Gasteiger charge is -2.06. The molecule has 0 spiro atoms. The minimum absolute atomic E-state index is 0.0480. The van der Waals surface area contributed by atoms with Gasteiger partial charge in [0.1, 0.15) is 5.82 Å². The minimum Gasteiger partial charge on any atom is -0.316 e. The van der Waals surface area contributed by atoms with Crippen molar-refractivity contribution in [1.29, 1.82) is 0 Å². The van der Waals surface area contributed by atoms with E-state index in [1.54, 1.807) is 7.05 Å². The van der Waals surface area contributed by atoms with Crippen LogP contribution >= 0.6 is 0 Å². The third-order valence-corrected chi connectivity index (χ3v) is 2.97. The fourth-order valence-electron chi connectivity index (χ4n) is 1.21. The summed E-state index contributed by atoms with van der Waals surface area (Å²) in [5.41, 5.74) is 0.580. The van der Waals surface area contributed by atoms with Crippen LogP contribution in [0.1, 0.15) is 5.56 Å². The molecule has 0 saturated heterocycles. The van der Waals surface area contributed by atoms with Gasteiger partial charge < -0.3 is 5.32 Å². The summed E-state index contributed by atoms with van der Waals surface area (Å²) in [6, 6.07) is 3.77. The van der Waals surface area contributed by atoms with Crippen LogP contribution in [-0.4, -0.2) is 21.7 Å². The van der Waals surface area contributed by atoms with Gasteiger partial charge in [0.2, 0.25) is 0 Å². The van der Waals surface area contributed by atoms with E-state index in [1.807, 2.05) is 0 Å². The van der Waals surface area contributed by atoms with Gasteiger partial charge in [-0.2, -0.15) is 0 Å². The molecule has 3 nitrogen and oxygen atoms in total. The molecule has 0 unspecified atom stereocenters. The van der Waals surface area contributed by atoms with Crippen LogP contribution in [0.2, 0.25) is 0 Å². The molecule has 0 radical (unpaired) electrons. The molecule has 1 N–H and O–H groups in total. The van der Waals surface area contributed by atoms with Crippen molar-refractivity contribution in [2.75, 3.05) is 13.3 Å². The van der Waals surface area contributed by atoms with E-state index in [0.29, 0.717) is 12.1 Å². The molecule has 0 amide bonds. The fourth-order valence-corrected chi connectivity index (χ4v) is 2.15. The van der Waals surface area contributed by atoms with E-state index in [1.165, 1.54) is 12.1 Å². The van der Waals surface area contributed by atoms with Crippen LogP contribution in [0.4, 0.5) is 4.39 Å². The first-order valence-corrected chi connectivity index (χ1v) is 5.97. The largest absolute Gasteiger partial charge is 0.316 e. The van der Waals surface area contributed by atoms with E-state index >= 15 is 0 Å². The number of hydrogen-bond donors (Lipinski definition) is 1. The van der Waals surface area contributed by atoms with Crippen LogP contribution in [0.3, 0.4) is 0 Å². The van der Waals surface area contributed by atoms with Crippen LogP contribution < -0.4 is 5.32 Å². The first-order valence-electron chi connectivity index (χ1n) is 4.08. The average Bonchev–Trinajstić information content (AvgIpc) is 2.07. The lowest BCUT2D eigenvalue weighted by atomic mass is 10.2. The van der Waals surface area contributed by atoms with Crippen molar-refractivity contribution in [3.63, 3.8) is 0 Å². The minimum atomic E-state index is -3.36. The Morgan fingerprint density at radius 3 is 2.57 bits per heavy atom. The number of nitrogens with one attached hydrogen (secondary N) is 1. The second-order valence-corrected chi connectivity index (χ2v) is 5.04. The molecule has 0 bridgehead atoms. The fraction of sp³-hybridized carbons (Fsp3) is 0.333. The van der Waals surface area contributed by atoms with E-state index in [9.17, 15) is 12.8 Å². The summed E-state index contributed by atoms with van der Waals surface area (Å²) in [5.74, 6) is -0.537. The molecular weight excluding hydrogens is 205 g/mol. The van der Waals surface area contributed by atoms with Crippen molar-refractivity contribution < 1.29 is 12.8 Å². The quantitative estimate of drug-likeness (QED) is 0.820. The van der Waals surface area contributed by atoms with E-state index in [4.69, 9.17) is 0 Å². The molecule has 1 rings (SSSR count). The smallest absolute Gasteiger partial charge is 0.175 e. The third kappa shape index (κ3) is 2.52. The van der Waals surface area contributed by atoms with Crippen molar-refractivity contribution in [2.45, 2.75) is 11.4 Å². The van der Waals surface area contributed by atoms with Gasteiger partial charge in [-0.25, -0.2) is 12.8 Å². The van der Waals surface area contributed by atoms with Gasteiger partial charge in [0.15, 0.2) is 9.84 Å². The first-order chi connectivity index (χ1) is 6.45. The Hall–Kier alpha value is -0.940. The van der Waals surface area contributed by atoms with Crippen LogP contribution in [-0.2, 0) is 16.4 Å². The number of hydrogen-bond acceptors (Lipinski definition) is 3. The van der Waals surface area contributed by atoms with Crippen molar-refractivity contribution in [2.24, 2.45) is 0 Å². The molecule has 0 aliphatic rings. The lowest BCUT2D eigenvalue weighted by Crippen LogP contribution is -2.10. The molecular formula is C9H12FNO2S. The maximum absolute atomic E-state index is 12.8. The Morgan fingerprint density at radius 2 is 2.07 bits per heavy atom. The van der Waals surface area contributed by atoms with Crippen molar-refractivity contribution in [1.82, 2.24) is 5.32 Å². The van der Waals surface area contributed by atoms with Gasteiger partial charge in [-0.05, 0) is 24.7 Å². The van der Waals surface area contributed by atoms with Crippen LogP contribution in [0, 0.1) is 5.82 Å². The Balaban J connectivity index is 3.30. The van der Waals surface area contributed by atoms with Crippen LogP contribution in [0.25, 0.3) is 0 Å². The topological polar surface area (TPSA) is 46.2 Å². The normalized spacial score (nSPS) is 11.6. The van der Waals surface area contributed by atoms with E-state index in [-0.39, 0.29) is 4.90 Å². The van der Waals surface area contributed by atoms with Gasteiger partial charge in [-0.15, -0.1) is 0 Å². The lowest BCUT2D eigenvalue weighted by molar-refractivity contribution is 0.592. The standard InChI is InChI=1S/C9H12FNO2S/c1-11-6-7-3-4-8(10)5-9(7)14(2,12)13/h3-5,11H,6H2,1-2H3. The molecule has 0 aliphatic heterocycles. The summed E-state index contributed by atoms with van der Waals surface area (Å²) >= 11 is 0. The van der Waals surface area contributed by atoms with E-state index < -0.39 is 15.7 Å². The highest BCUT2D eigenvalue weighted by molar-refractivity contribution is 7.90. The molecule has 1 aromatic rings. The predicted octanol–water partition coefficient (Wildman–Crippen LogP) is 0.949. The highest BCUT2D eigenvalue weighted by Gasteiger charge is 2.13. The molecule has 0 aromatic heterocycles. The molecule has 0 heterocycles. The van der Waals surface area contributed by atoms with Gasteiger partial charge in [-0.3, -0.25) is 0 Å². The van der Waals surface area contributed by atoms with E-state index in [0.717, 1.165) is 12.3 Å². The molecule has 78 valence electrons. The highest BCUT2D eigenvalue weighted by atomic mass is 32.2. The Labute approximate surface area is 82.9 Å². The zero-order valence-corrected chi connectivity index (χ0v) is 8.86. The number of halogens is 1. The maximum atomic E-state index is 12.8. The summed E-state index contributed by atoms with van der Waals surface area (Å²) in [6.07, 6.45) is 1.07. The number of rotatable bonds is 3. The molecule has 5 heteroatoms. The Kier molecular flexibility index (Phi) is 3.23. The molecule has 0 aliphatic carbocycles. The zero-order chi connectivity index (χ0) is 10.8. The summed E-state index contributed by atoms with van der Waals surface area (Å²) in [5, 5.41) is 2.83. The molecule has 1 aromatic carbocycles. The van der Waals surface area contributed by atoms with Crippen molar-refractivity contribution >= 4 is 9.84 Å². The highest BCUT2D eigenvalue weighted by Crippen LogP contribution is 2.16. The second-order valence-electron chi connectivity index (χ2n) is 3.05. The van der Waals surface area contributed by atoms with Crippen LogP contribution in [0.5, 0.6) is 0 Å². The predicted molar refractivity (Wildman–Crippen MR) is 52.3 cm³/mol. The SMILES string of the molecule is CNCc1ccc(F)cc1S(C)(=O)=O. The summed E-state index contributed by atoms with van der Waals surface area (Å²) in [7, 11) is -1.65. The Bertz CT molecular complexity index is 428. The maximum Gasteiger partial charge on any atom is 0.175 e. The molecule has 0 saturated carbocycles.